The molecule has 0 atom stereocenters. The minimum atomic E-state index is -0.551. The number of likely N-dealkylation sites (N-methyl/N-ethyl adjacent to an activating group) is 1. The molecule has 0 aliphatic rings. The number of nitrogens with zero attached hydrogens (tertiary/aromatic N) is 3. The molecule has 164 valence electrons. The molecule has 7 nitrogen and oxygen atoms in total. The number of aryl methyl sites for hydroxylation is 1. The number of carbonyl (C=O) groups is 2. The number of aromatic nitrogens is 2. The van der Waals surface area contributed by atoms with E-state index in [2.05, 4.69) is 10.4 Å². The number of amides is 2. The lowest BCUT2D eigenvalue weighted by molar-refractivity contribution is 0.0261. The summed E-state index contributed by atoms with van der Waals surface area (Å²) in [6.07, 6.45) is 1.23. The fourth-order valence-electron chi connectivity index (χ4n) is 3.08. The van der Waals surface area contributed by atoms with Crippen LogP contribution in [0, 0.1) is 6.92 Å². The van der Waals surface area contributed by atoms with Gasteiger partial charge in [-0.15, -0.1) is 0 Å². The predicted octanol–water partition coefficient (Wildman–Crippen LogP) is 4.29. The summed E-state index contributed by atoms with van der Waals surface area (Å²) in [6.45, 7) is 14.7. The molecule has 0 unspecified atom stereocenters. The fraction of sp³-hybridized carbons (Fsp3) is 0.522. The van der Waals surface area contributed by atoms with Crippen molar-refractivity contribution in [1.82, 2.24) is 20.0 Å². The van der Waals surface area contributed by atoms with Crippen molar-refractivity contribution in [3.63, 3.8) is 0 Å². The van der Waals surface area contributed by atoms with Crippen molar-refractivity contribution in [1.29, 1.82) is 0 Å². The molecular weight excluding hydrogens is 380 g/mol. The molecular formula is C23H34N4O3. The Morgan fingerprint density at radius 1 is 1.20 bits per heavy atom. The first kappa shape index (κ1) is 23.4. The monoisotopic (exact) mass is 414 g/mol. The third-order valence-corrected chi connectivity index (χ3v) is 4.58. The Bertz CT molecular complexity index is 864. The Morgan fingerprint density at radius 2 is 1.83 bits per heavy atom. The molecule has 0 saturated heterocycles. The molecule has 0 fully saturated rings. The lowest BCUT2D eigenvalue weighted by Gasteiger charge is -2.26. The second kappa shape index (κ2) is 9.78. The van der Waals surface area contributed by atoms with Crippen molar-refractivity contribution in [2.24, 2.45) is 0 Å². The molecule has 7 heteroatoms. The highest BCUT2D eigenvalue weighted by atomic mass is 16.6. The van der Waals surface area contributed by atoms with Crippen LogP contribution in [-0.4, -0.2) is 51.9 Å². The van der Waals surface area contributed by atoms with Crippen molar-refractivity contribution in [2.75, 3.05) is 19.6 Å². The standard InChI is InChI=1S/C23H34N4O3/c1-8-26(22(29)30-23(5,6)7)14-13-24-21(28)19-15-25-27(20(19)16(2)3)18-11-9-17(4)10-12-18/h9-12,15-16H,8,13-14H2,1-7H3,(H,24,28). The van der Waals surface area contributed by atoms with E-state index in [0.717, 1.165) is 11.4 Å². The number of hydrogen-bond donors (Lipinski definition) is 1. The first-order valence-electron chi connectivity index (χ1n) is 10.4. The Labute approximate surface area is 179 Å². The zero-order valence-corrected chi connectivity index (χ0v) is 19.2. The quantitative estimate of drug-likeness (QED) is 0.733. The molecule has 2 aromatic rings. The Hall–Kier alpha value is -2.83. The van der Waals surface area contributed by atoms with Crippen LogP contribution in [0.4, 0.5) is 4.79 Å². The molecule has 0 radical (unpaired) electrons. The Balaban J connectivity index is 2.08. The zero-order valence-electron chi connectivity index (χ0n) is 19.2. The third-order valence-electron chi connectivity index (χ3n) is 4.58. The molecule has 0 spiro atoms. The van der Waals surface area contributed by atoms with E-state index in [1.165, 1.54) is 5.56 Å². The number of hydrogen-bond acceptors (Lipinski definition) is 4. The average Bonchev–Trinajstić information content (AvgIpc) is 3.09. The van der Waals surface area contributed by atoms with E-state index in [4.69, 9.17) is 4.74 Å². The van der Waals surface area contributed by atoms with Crippen LogP contribution in [0.25, 0.3) is 5.69 Å². The predicted molar refractivity (Wildman–Crippen MR) is 118 cm³/mol. The number of rotatable bonds is 7. The van der Waals surface area contributed by atoms with Gasteiger partial charge in [0.25, 0.3) is 5.91 Å². The van der Waals surface area contributed by atoms with Gasteiger partial charge in [0.05, 0.1) is 23.1 Å². The molecule has 1 N–H and O–H groups in total. The first-order chi connectivity index (χ1) is 14.0. The van der Waals surface area contributed by atoms with Crippen LogP contribution in [-0.2, 0) is 4.74 Å². The van der Waals surface area contributed by atoms with E-state index < -0.39 is 5.60 Å². The molecule has 1 heterocycles. The van der Waals surface area contributed by atoms with Gasteiger partial charge in [-0.3, -0.25) is 4.79 Å². The molecule has 0 saturated carbocycles. The molecule has 0 aliphatic carbocycles. The second-order valence-electron chi connectivity index (χ2n) is 8.66. The zero-order chi connectivity index (χ0) is 22.5. The summed E-state index contributed by atoms with van der Waals surface area (Å²) in [4.78, 5) is 26.7. The highest BCUT2D eigenvalue weighted by Crippen LogP contribution is 2.23. The van der Waals surface area contributed by atoms with Gasteiger partial charge < -0.3 is 15.0 Å². The summed E-state index contributed by atoms with van der Waals surface area (Å²) in [6, 6.07) is 8.04. The van der Waals surface area contributed by atoms with Crippen molar-refractivity contribution in [2.45, 2.75) is 60.0 Å². The van der Waals surface area contributed by atoms with Gasteiger partial charge in [0.1, 0.15) is 5.60 Å². The normalized spacial score (nSPS) is 11.5. The topological polar surface area (TPSA) is 76.5 Å². The molecule has 1 aromatic carbocycles. The molecule has 1 aromatic heterocycles. The van der Waals surface area contributed by atoms with E-state index in [0.29, 0.717) is 25.2 Å². The minimum absolute atomic E-state index is 0.114. The summed E-state index contributed by atoms with van der Waals surface area (Å²) in [5.41, 5.74) is 2.94. The van der Waals surface area contributed by atoms with Gasteiger partial charge in [-0.05, 0) is 52.7 Å². The van der Waals surface area contributed by atoms with Gasteiger partial charge in [-0.2, -0.15) is 5.10 Å². The average molecular weight is 415 g/mol. The van der Waals surface area contributed by atoms with Crippen LogP contribution < -0.4 is 5.32 Å². The third kappa shape index (κ3) is 6.08. The highest BCUT2D eigenvalue weighted by molar-refractivity contribution is 5.95. The van der Waals surface area contributed by atoms with Crippen LogP contribution in [0.5, 0.6) is 0 Å². The van der Waals surface area contributed by atoms with Crippen LogP contribution in [0.15, 0.2) is 30.5 Å². The summed E-state index contributed by atoms with van der Waals surface area (Å²) in [5, 5.41) is 7.37. The molecule has 30 heavy (non-hydrogen) atoms. The Morgan fingerprint density at radius 3 is 2.37 bits per heavy atom. The maximum atomic E-state index is 12.8. The second-order valence-corrected chi connectivity index (χ2v) is 8.66. The van der Waals surface area contributed by atoms with Gasteiger partial charge >= 0.3 is 6.09 Å². The van der Waals surface area contributed by atoms with Crippen LogP contribution in [0.2, 0.25) is 0 Å². The van der Waals surface area contributed by atoms with E-state index in [1.54, 1.807) is 11.1 Å². The molecule has 2 rings (SSSR count). The van der Waals surface area contributed by atoms with E-state index in [9.17, 15) is 9.59 Å². The highest BCUT2D eigenvalue weighted by Gasteiger charge is 2.23. The molecule has 0 aliphatic heterocycles. The fourth-order valence-corrected chi connectivity index (χ4v) is 3.08. The first-order valence-corrected chi connectivity index (χ1v) is 10.4. The summed E-state index contributed by atoms with van der Waals surface area (Å²) in [5.74, 6) is -0.0826. The van der Waals surface area contributed by atoms with Gasteiger partial charge in [0.2, 0.25) is 0 Å². The van der Waals surface area contributed by atoms with E-state index in [-0.39, 0.29) is 17.9 Å². The number of carbonyl (C=O) groups excluding carboxylic acids is 2. The van der Waals surface area contributed by atoms with Crippen molar-refractivity contribution in [3.05, 3.63) is 47.3 Å². The summed E-state index contributed by atoms with van der Waals surface area (Å²) in [7, 11) is 0. The maximum Gasteiger partial charge on any atom is 0.410 e. The van der Waals surface area contributed by atoms with Crippen LogP contribution in [0.1, 0.15) is 69.1 Å². The lowest BCUT2D eigenvalue weighted by atomic mass is 10.0. The van der Waals surface area contributed by atoms with E-state index in [1.807, 2.05) is 77.4 Å². The Kier molecular flexibility index (Phi) is 7.65. The number of nitrogens with one attached hydrogen (secondary N) is 1. The van der Waals surface area contributed by atoms with Gasteiger partial charge in [-0.1, -0.05) is 31.5 Å². The van der Waals surface area contributed by atoms with Gasteiger partial charge in [0.15, 0.2) is 0 Å². The van der Waals surface area contributed by atoms with Gasteiger partial charge in [0, 0.05) is 19.6 Å². The summed E-state index contributed by atoms with van der Waals surface area (Å²) >= 11 is 0. The van der Waals surface area contributed by atoms with Crippen molar-refractivity contribution in [3.8, 4) is 5.69 Å². The molecule has 0 bridgehead atoms. The van der Waals surface area contributed by atoms with Crippen LogP contribution in [0.3, 0.4) is 0 Å². The van der Waals surface area contributed by atoms with Crippen molar-refractivity contribution >= 4 is 12.0 Å². The number of ether oxygens (including phenoxy) is 1. The lowest BCUT2D eigenvalue weighted by Crippen LogP contribution is -2.41. The number of benzene rings is 1. The largest absolute Gasteiger partial charge is 0.444 e. The summed E-state index contributed by atoms with van der Waals surface area (Å²) < 4.78 is 7.22. The maximum absolute atomic E-state index is 12.8. The molecule has 2 amide bonds. The smallest absolute Gasteiger partial charge is 0.410 e. The van der Waals surface area contributed by atoms with E-state index >= 15 is 0 Å². The van der Waals surface area contributed by atoms with Gasteiger partial charge in [-0.25, -0.2) is 9.48 Å². The SMILES string of the molecule is CCN(CCNC(=O)c1cnn(-c2ccc(C)cc2)c1C(C)C)C(=O)OC(C)(C)C. The minimum Gasteiger partial charge on any atom is -0.444 e. The van der Waals surface area contributed by atoms with Crippen LogP contribution >= 0.6 is 0 Å². The van der Waals surface area contributed by atoms with Crippen molar-refractivity contribution < 1.29 is 14.3 Å².